The van der Waals surface area contributed by atoms with Crippen LogP contribution in [0.15, 0.2) is 18.2 Å². The lowest BCUT2D eigenvalue weighted by Crippen LogP contribution is -2.25. The standard InChI is InChI=1S/C13H19FN2O2/c1-3-4-6-10(2)15-9-11-7-5-8-12(13(11)14)16(17)18/h5,7-8,10,15H,3-4,6,9H2,1-2H3. The molecule has 1 unspecified atom stereocenters. The summed E-state index contributed by atoms with van der Waals surface area (Å²) in [6.07, 6.45) is 3.26. The number of unbranched alkanes of at least 4 members (excludes halogenated alkanes) is 1. The first-order chi connectivity index (χ1) is 8.56. The second-order valence-electron chi connectivity index (χ2n) is 4.43. The molecule has 0 heterocycles. The summed E-state index contributed by atoms with van der Waals surface area (Å²) >= 11 is 0. The molecule has 0 saturated heterocycles. The number of benzene rings is 1. The average molecular weight is 254 g/mol. The molecule has 0 aromatic heterocycles. The van der Waals surface area contributed by atoms with Crippen LogP contribution in [0.5, 0.6) is 0 Å². The smallest absolute Gasteiger partial charge is 0.305 e. The van der Waals surface area contributed by atoms with Gasteiger partial charge in [0, 0.05) is 24.2 Å². The van der Waals surface area contributed by atoms with E-state index in [2.05, 4.69) is 12.2 Å². The minimum Gasteiger partial charge on any atom is -0.310 e. The molecule has 0 amide bonds. The molecule has 1 N–H and O–H groups in total. The van der Waals surface area contributed by atoms with Crippen molar-refractivity contribution in [2.75, 3.05) is 0 Å². The van der Waals surface area contributed by atoms with Crippen LogP contribution in [-0.4, -0.2) is 11.0 Å². The molecule has 0 spiro atoms. The topological polar surface area (TPSA) is 55.2 Å². The van der Waals surface area contributed by atoms with E-state index in [4.69, 9.17) is 0 Å². The monoisotopic (exact) mass is 254 g/mol. The molecule has 0 radical (unpaired) electrons. The first-order valence-electron chi connectivity index (χ1n) is 6.21. The number of nitro benzene ring substituents is 1. The fourth-order valence-electron chi connectivity index (χ4n) is 1.74. The summed E-state index contributed by atoms with van der Waals surface area (Å²) in [5.74, 6) is -0.738. The summed E-state index contributed by atoms with van der Waals surface area (Å²) in [6, 6.07) is 4.54. The molecular formula is C13H19FN2O2. The van der Waals surface area contributed by atoms with Crippen molar-refractivity contribution in [3.05, 3.63) is 39.7 Å². The zero-order valence-corrected chi connectivity index (χ0v) is 10.8. The van der Waals surface area contributed by atoms with Gasteiger partial charge in [-0.25, -0.2) is 0 Å². The lowest BCUT2D eigenvalue weighted by molar-refractivity contribution is -0.387. The maximum absolute atomic E-state index is 13.7. The maximum atomic E-state index is 13.7. The SMILES string of the molecule is CCCCC(C)NCc1cccc([N+](=O)[O-])c1F. The molecule has 0 fully saturated rings. The van der Waals surface area contributed by atoms with Crippen LogP contribution in [0, 0.1) is 15.9 Å². The number of nitrogens with zero attached hydrogens (tertiary/aromatic N) is 1. The van der Waals surface area contributed by atoms with Crippen molar-refractivity contribution < 1.29 is 9.31 Å². The zero-order chi connectivity index (χ0) is 13.5. The van der Waals surface area contributed by atoms with Gasteiger partial charge in [0.25, 0.3) is 0 Å². The Balaban J connectivity index is 2.62. The molecule has 1 atom stereocenters. The molecule has 100 valence electrons. The van der Waals surface area contributed by atoms with Crippen molar-refractivity contribution in [2.45, 2.75) is 45.7 Å². The Morgan fingerprint density at radius 1 is 1.50 bits per heavy atom. The zero-order valence-electron chi connectivity index (χ0n) is 10.8. The van der Waals surface area contributed by atoms with Gasteiger partial charge in [0.2, 0.25) is 5.82 Å². The van der Waals surface area contributed by atoms with Crippen LogP contribution < -0.4 is 5.32 Å². The summed E-state index contributed by atoms with van der Waals surface area (Å²) in [7, 11) is 0. The van der Waals surface area contributed by atoms with E-state index in [0.29, 0.717) is 12.1 Å². The van der Waals surface area contributed by atoms with Gasteiger partial charge in [0.1, 0.15) is 0 Å². The second-order valence-corrected chi connectivity index (χ2v) is 4.43. The number of nitro groups is 1. The molecule has 0 aliphatic rings. The van der Waals surface area contributed by atoms with Gasteiger partial charge in [0.05, 0.1) is 4.92 Å². The first kappa shape index (κ1) is 14.6. The van der Waals surface area contributed by atoms with Crippen molar-refractivity contribution in [1.29, 1.82) is 0 Å². The third kappa shape index (κ3) is 4.07. The molecule has 0 aliphatic heterocycles. The van der Waals surface area contributed by atoms with E-state index < -0.39 is 16.4 Å². The highest BCUT2D eigenvalue weighted by molar-refractivity contribution is 5.36. The largest absolute Gasteiger partial charge is 0.310 e. The molecule has 1 aromatic carbocycles. The van der Waals surface area contributed by atoms with Crippen molar-refractivity contribution >= 4 is 5.69 Å². The molecule has 5 heteroatoms. The van der Waals surface area contributed by atoms with Crippen molar-refractivity contribution in [3.63, 3.8) is 0 Å². The highest BCUT2D eigenvalue weighted by Gasteiger charge is 2.17. The summed E-state index contributed by atoms with van der Waals surface area (Å²) in [5, 5.41) is 13.8. The second kappa shape index (κ2) is 7.06. The highest BCUT2D eigenvalue weighted by Crippen LogP contribution is 2.20. The number of nitrogens with one attached hydrogen (secondary N) is 1. The summed E-state index contributed by atoms with van der Waals surface area (Å²) in [4.78, 5) is 9.90. The third-order valence-electron chi connectivity index (χ3n) is 2.89. The molecule has 0 aliphatic carbocycles. The maximum Gasteiger partial charge on any atom is 0.305 e. The quantitative estimate of drug-likeness (QED) is 0.599. The van der Waals surface area contributed by atoms with E-state index in [0.717, 1.165) is 19.3 Å². The Morgan fingerprint density at radius 3 is 2.83 bits per heavy atom. The Kier molecular flexibility index (Phi) is 5.71. The molecule has 1 rings (SSSR count). The molecule has 18 heavy (non-hydrogen) atoms. The van der Waals surface area contributed by atoms with Crippen molar-refractivity contribution in [3.8, 4) is 0 Å². The Hall–Kier alpha value is -1.49. The lowest BCUT2D eigenvalue weighted by atomic mass is 10.1. The van der Waals surface area contributed by atoms with E-state index >= 15 is 0 Å². The molecule has 1 aromatic rings. The summed E-state index contributed by atoms with van der Waals surface area (Å²) < 4.78 is 13.7. The fourth-order valence-corrected chi connectivity index (χ4v) is 1.74. The average Bonchev–Trinajstić information content (AvgIpc) is 2.34. The number of hydrogen-bond donors (Lipinski definition) is 1. The predicted octanol–water partition coefficient (Wildman–Crippen LogP) is 3.40. The van der Waals surface area contributed by atoms with Crippen LogP contribution in [0.25, 0.3) is 0 Å². The lowest BCUT2D eigenvalue weighted by Gasteiger charge is -2.13. The summed E-state index contributed by atoms with van der Waals surface area (Å²) in [5.41, 5.74) is -0.122. The normalized spacial score (nSPS) is 12.4. The highest BCUT2D eigenvalue weighted by atomic mass is 19.1. The van der Waals surface area contributed by atoms with E-state index in [9.17, 15) is 14.5 Å². The van der Waals surface area contributed by atoms with Crippen LogP contribution in [-0.2, 0) is 6.54 Å². The van der Waals surface area contributed by atoms with Gasteiger partial charge in [-0.1, -0.05) is 31.9 Å². The van der Waals surface area contributed by atoms with Gasteiger partial charge in [-0.2, -0.15) is 4.39 Å². The fraction of sp³-hybridized carbons (Fsp3) is 0.538. The van der Waals surface area contributed by atoms with Crippen LogP contribution >= 0.6 is 0 Å². The van der Waals surface area contributed by atoms with Gasteiger partial charge in [-0.15, -0.1) is 0 Å². The molecule has 4 nitrogen and oxygen atoms in total. The first-order valence-corrected chi connectivity index (χ1v) is 6.21. The van der Waals surface area contributed by atoms with Gasteiger partial charge in [-0.3, -0.25) is 10.1 Å². The Bertz CT molecular complexity index is 410. The van der Waals surface area contributed by atoms with Crippen molar-refractivity contribution in [1.82, 2.24) is 5.32 Å². The van der Waals surface area contributed by atoms with Gasteiger partial charge >= 0.3 is 5.69 Å². The minimum atomic E-state index is -0.738. The summed E-state index contributed by atoms with van der Waals surface area (Å²) in [6.45, 7) is 4.47. The molecule has 0 bridgehead atoms. The number of halogens is 1. The van der Waals surface area contributed by atoms with Gasteiger partial charge in [-0.05, 0) is 13.3 Å². The van der Waals surface area contributed by atoms with E-state index in [1.807, 2.05) is 6.92 Å². The van der Waals surface area contributed by atoms with Gasteiger partial charge in [0.15, 0.2) is 0 Å². The molecular weight excluding hydrogens is 235 g/mol. The number of hydrogen-bond acceptors (Lipinski definition) is 3. The number of rotatable bonds is 7. The Morgan fingerprint density at radius 2 is 2.22 bits per heavy atom. The minimum absolute atomic E-state index is 0.281. The predicted molar refractivity (Wildman–Crippen MR) is 68.9 cm³/mol. The van der Waals surface area contributed by atoms with Crippen LogP contribution in [0.2, 0.25) is 0 Å². The van der Waals surface area contributed by atoms with E-state index in [1.165, 1.54) is 12.1 Å². The van der Waals surface area contributed by atoms with Crippen LogP contribution in [0.1, 0.15) is 38.7 Å². The van der Waals surface area contributed by atoms with Crippen LogP contribution in [0.3, 0.4) is 0 Å². The third-order valence-corrected chi connectivity index (χ3v) is 2.89. The van der Waals surface area contributed by atoms with Gasteiger partial charge < -0.3 is 5.32 Å². The molecule has 0 saturated carbocycles. The van der Waals surface area contributed by atoms with Crippen molar-refractivity contribution in [2.24, 2.45) is 0 Å². The van der Waals surface area contributed by atoms with Crippen LogP contribution in [0.4, 0.5) is 10.1 Å². The van der Waals surface area contributed by atoms with E-state index in [-0.39, 0.29) is 6.04 Å². The Labute approximate surface area is 106 Å². The van der Waals surface area contributed by atoms with E-state index in [1.54, 1.807) is 6.07 Å².